The molecule has 9 heteroatoms. The van der Waals surface area contributed by atoms with Crippen LogP contribution in [0.25, 0.3) is 0 Å². The predicted molar refractivity (Wildman–Crippen MR) is 98.8 cm³/mol. The number of benzene rings is 1. The maximum absolute atomic E-state index is 13.9. The Morgan fingerprint density at radius 3 is 2.44 bits per heavy atom. The van der Waals surface area contributed by atoms with Crippen molar-refractivity contribution < 1.29 is 17.2 Å². The third-order valence-corrected chi connectivity index (χ3v) is 6.39. The van der Waals surface area contributed by atoms with Crippen molar-refractivity contribution in [3.8, 4) is 0 Å². The number of likely N-dealkylation sites (N-methyl/N-ethyl adjacent to an activating group) is 1. The first kappa shape index (κ1) is 19.9. The van der Waals surface area contributed by atoms with Crippen molar-refractivity contribution in [2.75, 3.05) is 39.8 Å². The van der Waals surface area contributed by atoms with Crippen LogP contribution in [0.5, 0.6) is 0 Å². The van der Waals surface area contributed by atoms with Crippen LogP contribution in [-0.2, 0) is 17.1 Å². The third kappa shape index (κ3) is 4.55. The molecule has 0 radical (unpaired) electrons. The van der Waals surface area contributed by atoms with Gasteiger partial charge in [-0.05, 0) is 37.4 Å². The third-order valence-electron chi connectivity index (χ3n) is 4.95. The lowest BCUT2D eigenvalue weighted by molar-refractivity contribution is 0.109. The first-order valence-corrected chi connectivity index (χ1v) is 10.2. The van der Waals surface area contributed by atoms with Crippen molar-refractivity contribution in [1.29, 1.82) is 0 Å². The van der Waals surface area contributed by atoms with Gasteiger partial charge in [0.05, 0.1) is 6.04 Å². The van der Waals surface area contributed by atoms with Crippen molar-refractivity contribution in [1.82, 2.24) is 19.1 Å². The summed E-state index contributed by atoms with van der Waals surface area (Å²) in [6, 6.07) is 6.05. The van der Waals surface area contributed by atoms with E-state index in [1.807, 2.05) is 37.0 Å². The Hall–Kier alpha value is -1.81. The predicted octanol–water partition coefficient (Wildman–Crippen LogP) is 1.57. The Bertz CT molecular complexity index is 893. The van der Waals surface area contributed by atoms with Gasteiger partial charge in [0.2, 0.25) is 10.0 Å². The molecule has 6 nitrogen and oxygen atoms in total. The fraction of sp³-hybridized carbons (Fsp3) is 0.444. The summed E-state index contributed by atoms with van der Waals surface area (Å²) in [7, 11) is -0.225. The molecule has 1 N–H and O–H groups in total. The van der Waals surface area contributed by atoms with Crippen LogP contribution < -0.4 is 4.72 Å². The van der Waals surface area contributed by atoms with Crippen molar-refractivity contribution >= 4 is 10.0 Å². The number of aryl methyl sites for hydroxylation is 1. The van der Waals surface area contributed by atoms with Crippen LogP contribution in [0.3, 0.4) is 0 Å². The zero-order valence-electron chi connectivity index (χ0n) is 15.4. The molecule has 0 spiro atoms. The molecule has 1 fully saturated rings. The van der Waals surface area contributed by atoms with E-state index >= 15 is 0 Å². The molecular formula is C18H24F2N4O2S. The molecule has 1 aromatic carbocycles. The minimum atomic E-state index is -4.17. The number of hydrogen-bond donors (Lipinski definition) is 1. The minimum Gasteiger partial charge on any atom is -0.353 e. The molecule has 1 atom stereocenters. The molecular weight excluding hydrogens is 374 g/mol. The molecule has 0 bridgehead atoms. The number of sulfonamides is 1. The molecule has 148 valence electrons. The molecule has 1 aliphatic heterocycles. The summed E-state index contributed by atoms with van der Waals surface area (Å²) in [5.74, 6) is -1.77. The van der Waals surface area contributed by atoms with Gasteiger partial charge in [0.15, 0.2) is 0 Å². The summed E-state index contributed by atoms with van der Waals surface area (Å²) in [4.78, 5) is 3.75. The van der Waals surface area contributed by atoms with Crippen molar-refractivity contribution in [2.24, 2.45) is 7.05 Å². The second kappa shape index (κ2) is 8.05. The van der Waals surface area contributed by atoms with Crippen LogP contribution in [-0.4, -0.2) is 62.6 Å². The summed E-state index contributed by atoms with van der Waals surface area (Å²) in [5, 5.41) is 0. The van der Waals surface area contributed by atoms with Gasteiger partial charge in [-0.1, -0.05) is 0 Å². The van der Waals surface area contributed by atoms with Crippen molar-refractivity contribution in [2.45, 2.75) is 10.9 Å². The minimum absolute atomic E-state index is 0.0693. The molecule has 1 aliphatic rings. The first-order chi connectivity index (χ1) is 12.8. The van der Waals surface area contributed by atoms with Gasteiger partial charge < -0.3 is 9.47 Å². The summed E-state index contributed by atoms with van der Waals surface area (Å²) in [6.45, 7) is 3.42. The number of nitrogens with one attached hydrogen (secondary N) is 1. The van der Waals surface area contributed by atoms with Gasteiger partial charge in [-0.3, -0.25) is 4.90 Å². The lowest BCUT2D eigenvalue weighted by Gasteiger charge is -2.38. The zero-order valence-corrected chi connectivity index (χ0v) is 16.2. The van der Waals surface area contributed by atoms with Crippen LogP contribution in [0.1, 0.15) is 11.7 Å². The second-order valence-electron chi connectivity index (χ2n) is 6.83. The van der Waals surface area contributed by atoms with Gasteiger partial charge in [0.1, 0.15) is 16.5 Å². The summed E-state index contributed by atoms with van der Waals surface area (Å²) in [6.07, 6.45) is 1.90. The van der Waals surface area contributed by atoms with E-state index in [0.717, 1.165) is 44.0 Å². The molecule has 1 aromatic heterocycles. The van der Waals surface area contributed by atoms with E-state index in [0.29, 0.717) is 6.07 Å². The monoisotopic (exact) mass is 398 g/mol. The SMILES string of the molecule is CN1CCN(C(CNS(=O)(=O)c2cc(F)ccc2F)c2cccn2C)CC1. The van der Waals surface area contributed by atoms with E-state index < -0.39 is 26.6 Å². The van der Waals surface area contributed by atoms with Crippen LogP contribution in [0, 0.1) is 11.6 Å². The van der Waals surface area contributed by atoms with E-state index in [1.54, 1.807) is 0 Å². The van der Waals surface area contributed by atoms with E-state index in [9.17, 15) is 17.2 Å². The molecule has 0 saturated carbocycles. The van der Waals surface area contributed by atoms with Crippen molar-refractivity contribution in [3.05, 3.63) is 53.9 Å². The van der Waals surface area contributed by atoms with Crippen molar-refractivity contribution in [3.63, 3.8) is 0 Å². The van der Waals surface area contributed by atoms with Crippen LogP contribution in [0.2, 0.25) is 0 Å². The van der Waals surface area contributed by atoms with Gasteiger partial charge in [-0.15, -0.1) is 0 Å². The van der Waals surface area contributed by atoms with Crippen LogP contribution in [0.4, 0.5) is 8.78 Å². The molecule has 27 heavy (non-hydrogen) atoms. The Labute approximate surface area is 158 Å². The molecule has 1 saturated heterocycles. The Morgan fingerprint density at radius 2 is 1.81 bits per heavy atom. The lowest BCUT2D eigenvalue weighted by Crippen LogP contribution is -2.48. The quantitative estimate of drug-likeness (QED) is 0.803. The second-order valence-corrected chi connectivity index (χ2v) is 8.56. The van der Waals surface area contributed by atoms with E-state index in [4.69, 9.17) is 0 Å². The van der Waals surface area contributed by atoms with E-state index in [1.165, 1.54) is 0 Å². The normalized spacial score (nSPS) is 17.9. The molecule has 0 amide bonds. The molecule has 2 aromatic rings. The van der Waals surface area contributed by atoms with Gasteiger partial charge in [-0.25, -0.2) is 21.9 Å². The topological polar surface area (TPSA) is 57.6 Å². The van der Waals surface area contributed by atoms with Crippen LogP contribution >= 0.6 is 0 Å². The molecule has 0 aliphatic carbocycles. The Kier molecular flexibility index (Phi) is 5.95. The average Bonchev–Trinajstić information content (AvgIpc) is 3.04. The lowest BCUT2D eigenvalue weighted by atomic mass is 10.1. The fourth-order valence-electron chi connectivity index (χ4n) is 3.32. The molecule has 1 unspecified atom stereocenters. The summed E-state index contributed by atoms with van der Waals surface area (Å²) >= 11 is 0. The van der Waals surface area contributed by atoms with Crippen LogP contribution in [0.15, 0.2) is 41.4 Å². The number of piperazine rings is 1. The highest BCUT2D eigenvalue weighted by Crippen LogP contribution is 2.23. The van der Waals surface area contributed by atoms with Gasteiger partial charge in [0.25, 0.3) is 0 Å². The average molecular weight is 398 g/mol. The number of nitrogens with zero attached hydrogens (tertiary/aromatic N) is 3. The largest absolute Gasteiger partial charge is 0.353 e. The Balaban J connectivity index is 1.82. The maximum Gasteiger partial charge on any atom is 0.243 e. The number of rotatable bonds is 6. The smallest absolute Gasteiger partial charge is 0.243 e. The molecule has 3 rings (SSSR count). The van der Waals surface area contributed by atoms with Gasteiger partial charge in [-0.2, -0.15) is 0 Å². The summed E-state index contributed by atoms with van der Waals surface area (Å²) < 4.78 is 56.8. The fourth-order valence-corrected chi connectivity index (χ4v) is 4.45. The number of aromatic nitrogens is 1. The highest BCUT2D eigenvalue weighted by Gasteiger charge is 2.28. The number of hydrogen-bond acceptors (Lipinski definition) is 4. The Morgan fingerprint density at radius 1 is 1.11 bits per heavy atom. The summed E-state index contributed by atoms with van der Waals surface area (Å²) in [5.41, 5.74) is 0.960. The first-order valence-electron chi connectivity index (χ1n) is 8.76. The maximum atomic E-state index is 13.9. The van der Waals surface area contributed by atoms with Gasteiger partial charge in [0, 0.05) is 51.7 Å². The van der Waals surface area contributed by atoms with E-state index in [-0.39, 0.29) is 12.6 Å². The zero-order chi connectivity index (χ0) is 19.6. The van der Waals surface area contributed by atoms with Gasteiger partial charge >= 0.3 is 0 Å². The number of halogens is 2. The highest BCUT2D eigenvalue weighted by molar-refractivity contribution is 7.89. The standard InChI is InChI=1S/C18H24F2N4O2S/c1-22-8-10-24(11-9-22)17(16-4-3-7-23(16)2)13-21-27(25,26)18-12-14(19)5-6-15(18)20/h3-7,12,17,21H,8-11,13H2,1-2H3. The van der Waals surface area contributed by atoms with E-state index in [2.05, 4.69) is 14.5 Å². The highest BCUT2D eigenvalue weighted by atomic mass is 32.2. The molecule has 2 heterocycles.